The van der Waals surface area contributed by atoms with Crippen LogP contribution < -0.4 is 10.6 Å². The number of nitriles is 1. The van der Waals surface area contributed by atoms with Gasteiger partial charge in [0.15, 0.2) is 0 Å². The third kappa shape index (κ3) is 3.57. The van der Waals surface area contributed by atoms with Gasteiger partial charge in [-0.15, -0.1) is 0 Å². The molecule has 0 heterocycles. The van der Waals surface area contributed by atoms with E-state index >= 15 is 0 Å². The lowest BCUT2D eigenvalue weighted by atomic mass is 10.1. The number of hydrogen-bond donors (Lipinski definition) is 2. The molecule has 0 saturated heterocycles. The van der Waals surface area contributed by atoms with Crippen molar-refractivity contribution in [3.63, 3.8) is 0 Å². The molecule has 1 amide bonds. The summed E-state index contributed by atoms with van der Waals surface area (Å²) in [4.78, 5) is 11.4. The van der Waals surface area contributed by atoms with E-state index in [-0.39, 0.29) is 5.91 Å². The van der Waals surface area contributed by atoms with Crippen molar-refractivity contribution in [2.24, 2.45) is 0 Å². The molecule has 0 radical (unpaired) electrons. The molecule has 0 aliphatic heterocycles. The molecule has 0 aromatic heterocycles. The molecular formula is C14H17N3O. The summed E-state index contributed by atoms with van der Waals surface area (Å²) < 4.78 is 0. The summed E-state index contributed by atoms with van der Waals surface area (Å²) in [5.41, 5.74) is 1.33. The highest BCUT2D eigenvalue weighted by Crippen LogP contribution is 2.40. The lowest BCUT2D eigenvalue weighted by Gasteiger charge is -2.05. The first-order valence-electron chi connectivity index (χ1n) is 6.23. The van der Waals surface area contributed by atoms with E-state index in [2.05, 4.69) is 22.8 Å². The topological polar surface area (TPSA) is 64.9 Å². The molecule has 1 aromatic rings. The highest BCUT2D eigenvalue weighted by molar-refractivity contribution is 5.78. The van der Waals surface area contributed by atoms with Crippen LogP contribution in [0.4, 0.5) is 0 Å². The summed E-state index contributed by atoms with van der Waals surface area (Å²) in [5, 5.41) is 14.3. The molecule has 4 nitrogen and oxygen atoms in total. The molecule has 2 rings (SSSR count). The summed E-state index contributed by atoms with van der Waals surface area (Å²) in [6.07, 6.45) is 1.46. The van der Waals surface area contributed by atoms with E-state index in [9.17, 15) is 4.79 Å². The van der Waals surface area contributed by atoms with E-state index < -0.39 is 0 Å². The predicted molar refractivity (Wildman–Crippen MR) is 68.8 cm³/mol. The summed E-state index contributed by atoms with van der Waals surface area (Å²) in [6, 6.07) is 12.7. The van der Waals surface area contributed by atoms with Crippen LogP contribution in [0.2, 0.25) is 0 Å². The van der Waals surface area contributed by atoms with Gasteiger partial charge in [0.1, 0.15) is 0 Å². The van der Waals surface area contributed by atoms with Crippen LogP contribution in [0, 0.1) is 11.3 Å². The Hall–Kier alpha value is -1.86. The normalized spacial score (nSPS) is 21.1. The molecule has 4 heteroatoms. The lowest BCUT2D eigenvalue weighted by Crippen LogP contribution is -2.35. The number of carbonyl (C=O) groups is 1. The Balaban J connectivity index is 1.65. The Morgan fingerprint density at radius 1 is 1.39 bits per heavy atom. The molecular weight excluding hydrogens is 226 g/mol. The van der Waals surface area contributed by atoms with Crippen molar-refractivity contribution in [1.82, 2.24) is 10.6 Å². The molecule has 1 aliphatic rings. The summed E-state index contributed by atoms with van der Waals surface area (Å²) in [6.45, 7) is 0.767. The number of carbonyl (C=O) groups excluding carboxylic acids is 1. The van der Waals surface area contributed by atoms with Crippen molar-refractivity contribution in [1.29, 1.82) is 5.26 Å². The standard InChI is InChI=1S/C14H17N3O/c15-7-4-8-16-14(18)10-17-13-9-12(13)11-5-2-1-3-6-11/h1-3,5-6,12-13,17H,4,8-10H2,(H,16,18). The second-order valence-electron chi connectivity index (χ2n) is 4.50. The van der Waals surface area contributed by atoms with E-state index in [0.717, 1.165) is 6.42 Å². The van der Waals surface area contributed by atoms with Gasteiger partial charge >= 0.3 is 0 Å². The van der Waals surface area contributed by atoms with Gasteiger partial charge in [-0.05, 0) is 12.0 Å². The Morgan fingerprint density at radius 3 is 2.89 bits per heavy atom. The molecule has 1 fully saturated rings. The summed E-state index contributed by atoms with van der Waals surface area (Å²) in [7, 11) is 0. The molecule has 18 heavy (non-hydrogen) atoms. The zero-order valence-electron chi connectivity index (χ0n) is 10.2. The van der Waals surface area contributed by atoms with Gasteiger partial charge in [-0.2, -0.15) is 5.26 Å². The van der Waals surface area contributed by atoms with Gasteiger partial charge in [-0.3, -0.25) is 4.79 Å². The van der Waals surface area contributed by atoms with Crippen LogP contribution in [0.5, 0.6) is 0 Å². The maximum atomic E-state index is 11.4. The van der Waals surface area contributed by atoms with Crippen molar-refractivity contribution in [2.75, 3.05) is 13.1 Å². The smallest absolute Gasteiger partial charge is 0.233 e. The van der Waals surface area contributed by atoms with E-state index in [1.54, 1.807) is 0 Å². The second kappa shape index (κ2) is 6.18. The molecule has 94 valence electrons. The molecule has 2 atom stereocenters. The van der Waals surface area contributed by atoms with Gasteiger partial charge in [0.05, 0.1) is 19.0 Å². The van der Waals surface area contributed by atoms with Gasteiger partial charge in [-0.1, -0.05) is 30.3 Å². The fraction of sp³-hybridized carbons (Fsp3) is 0.429. The minimum atomic E-state index is -0.0380. The van der Waals surface area contributed by atoms with Gasteiger partial charge in [0, 0.05) is 18.5 Å². The Kier molecular flexibility index (Phi) is 4.32. The van der Waals surface area contributed by atoms with E-state index in [1.807, 2.05) is 24.3 Å². The highest BCUT2D eigenvalue weighted by atomic mass is 16.1. The van der Waals surface area contributed by atoms with Crippen molar-refractivity contribution in [2.45, 2.75) is 24.8 Å². The van der Waals surface area contributed by atoms with Crippen molar-refractivity contribution < 1.29 is 4.79 Å². The van der Waals surface area contributed by atoms with Crippen molar-refractivity contribution in [3.05, 3.63) is 35.9 Å². The number of amides is 1. The van der Waals surface area contributed by atoms with Crippen LogP contribution in [0.15, 0.2) is 30.3 Å². The first-order valence-corrected chi connectivity index (χ1v) is 6.23. The average molecular weight is 243 g/mol. The minimum Gasteiger partial charge on any atom is -0.354 e. The lowest BCUT2D eigenvalue weighted by molar-refractivity contribution is -0.120. The fourth-order valence-corrected chi connectivity index (χ4v) is 2.03. The van der Waals surface area contributed by atoms with Gasteiger partial charge < -0.3 is 10.6 Å². The quantitative estimate of drug-likeness (QED) is 0.737. The largest absolute Gasteiger partial charge is 0.354 e. The number of nitrogens with one attached hydrogen (secondary N) is 2. The van der Waals surface area contributed by atoms with E-state index in [4.69, 9.17) is 5.26 Å². The molecule has 0 spiro atoms. The first kappa shape index (κ1) is 12.6. The maximum absolute atomic E-state index is 11.4. The SMILES string of the molecule is N#CCCNC(=O)CNC1CC1c1ccccc1. The third-order valence-electron chi connectivity index (χ3n) is 3.10. The van der Waals surface area contributed by atoms with Gasteiger partial charge in [-0.25, -0.2) is 0 Å². The first-order chi connectivity index (χ1) is 8.81. The average Bonchev–Trinajstić information content (AvgIpc) is 3.17. The van der Waals surface area contributed by atoms with E-state index in [0.29, 0.717) is 31.5 Å². The molecule has 1 aliphatic carbocycles. The van der Waals surface area contributed by atoms with Gasteiger partial charge in [0.2, 0.25) is 5.91 Å². The molecule has 1 saturated carbocycles. The van der Waals surface area contributed by atoms with Crippen molar-refractivity contribution in [3.8, 4) is 6.07 Å². The summed E-state index contributed by atoms with van der Waals surface area (Å²) >= 11 is 0. The third-order valence-corrected chi connectivity index (χ3v) is 3.10. The zero-order chi connectivity index (χ0) is 12.8. The number of rotatable bonds is 6. The van der Waals surface area contributed by atoms with Crippen LogP contribution in [-0.4, -0.2) is 25.0 Å². The number of nitrogens with zero attached hydrogens (tertiary/aromatic N) is 1. The number of hydrogen-bond acceptors (Lipinski definition) is 3. The zero-order valence-corrected chi connectivity index (χ0v) is 10.2. The highest BCUT2D eigenvalue weighted by Gasteiger charge is 2.37. The monoisotopic (exact) mass is 243 g/mol. The Labute approximate surface area is 107 Å². The van der Waals surface area contributed by atoms with Crippen LogP contribution in [0.1, 0.15) is 24.3 Å². The van der Waals surface area contributed by atoms with Crippen LogP contribution in [0.3, 0.4) is 0 Å². The summed E-state index contributed by atoms with van der Waals surface area (Å²) in [5.74, 6) is 0.502. The van der Waals surface area contributed by atoms with E-state index in [1.165, 1.54) is 5.56 Å². The predicted octanol–water partition coefficient (Wildman–Crippen LogP) is 1.16. The Morgan fingerprint density at radius 2 is 2.17 bits per heavy atom. The van der Waals surface area contributed by atoms with Crippen molar-refractivity contribution >= 4 is 5.91 Å². The molecule has 2 unspecified atom stereocenters. The van der Waals surface area contributed by atoms with Gasteiger partial charge in [0.25, 0.3) is 0 Å². The minimum absolute atomic E-state index is 0.0380. The van der Waals surface area contributed by atoms with Crippen LogP contribution in [-0.2, 0) is 4.79 Å². The molecule has 2 N–H and O–H groups in total. The van der Waals surface area contributed by atoms with Crippen LogP contribution in [0.25, 0.3) is 0 Å². The molecule has 1 aromatic carbocycles. The fourth-order valence-electron chi connectivity index (χ4n) is 2.03. The second-order valence-corrected chi connectivity index (χ2v) is 4.50. The number of benzene rings is 1. The Bertz CT molecular complexity index is 438. The van der Waals surface area contributed by atoms with Crippen LogP contribution >= 0.6 is 0 Å². The molecule has 0 bridgehead atoms. The maximum Gasteiger partial charge on any atom is 0.233 e.